The molecule has 1 fully saturated rings. The highest BCUT2D eigenvalue weighted by Gasteiger charge is 2.50. The summed E-state index contributed by atoms with van der Waals surface area (Å²) in [6.07, 6.45) is 0. The van der Waals surface area contributed by atoms with Crippen molar-refractivity contribution in [1.82, 2.24) is 0 Å². The minimum Gasteiger partial charge on any atom is -0.354 e. The molecule has 13 heavy (non-hydrogen) atoms. The van der Waals surface area contributed by atoms with Crippen LogP contribution in [-0.2, 0) is 14.3 Å². The van der Waals surface area contributed by atoms with E-state index in [9.17, 15) is 9.59 Å². The maximum absolute atomic E-state index is 11.5. The molecule has 0 radical (unpaired) electrons. The molecule has 0 spiro atoms. The van der Waals surface area contributed by atoms with Crippen molar-refractivity contribution in [3.05, 3.63) is 0 Å². The maximum Gasteiger partial charge on any atom is 0.188 e. The number of Topliss-reactive ketones (excluding diaryl/α,β-unsaturated/α-hetero) is 2. The quantitative estimate of drug-likeness (QED) is 0.541. The van der Waals surface area contributed by atoms with Crippen LogP contribution in [0.25, 0.3) is 0 Å². The van der Waals surface area contributed by atoms with Crippen LogP contribution in [0.5, 0.6) is 0 Å². The second kappa shape index (κ2) is 2.62. The van der Waals surface area contributed by atoms with Crippen molar-refractivity contribution in [2.24, 2.45) is 5.73 Å². The van der Waals surface area contributed by atoms with Gasteiger partial charge in [0.1, 0.15) is 17.2 Å². The van der Waals surface area contributed by atoms with Gasteiger partial charge < -0.3 is 10.5 Å². The van der Waals surface area contributed by atoms with Crippen molar-refractivity contribution in [1.29, 1.82) is 0 Å². The van der Waals surface area contributed by atoms with Crippen molar-refractivity contribution < 1.29 is 14.3 Å². The van der Waals surface area contributed by atoms with Gasteiger partial charge in [-0.2, -0.15) is 0 Å². The molecule has 4 heteroatoms. The first-order valence-electron chi connectivity index (χ1n) is 4.23. The monoisotopic (exact) mass is 185 g/mol. The number of ether oxygens (including phenoxy) is 1. The topological polar surface area (TPSA) is 69.4 Å². The zero-order valence-corrected chi connectivity index (χ0v) is 8.38. The molecule has 1 aliphatic heterocycles. The normalized spacial score (nSPS) is 27.8. The summed E-state index contributed by atoms with van der Waals surface area (Å²) >= 11 is 0. The van der Waals surface area contributed by atoms with Crippen molar-refractivity contribution in [2.75, 3.05) is 0 Å². The van der Waals surface area contributed by atoms with Crippen LogP contribution in [0.2, 0.25) is 0 Å². The lowest BCUT2D eigenvalue weighted by molar-refractivity contribution is -0.184. The van der Waals surface area contributed by atoms with Crippen LogP contribution < -0.4 is 5.73 Å². The summed E-state index contributed by atoms with van der Waals surface area (Å²) in [5.41, 5.74) is 3.57. The highest BCUT2D eigenvalue weighted by molar-refractivity contribution is 6.14. The first-order valence-corrected chi connectivity index (χ1v) is 4.23. The van der Waals surface area contributed by atoms with E-state index in [1.807, 2.05) is 0 Å². The van der Waals surface area contributed by atoms with Crippen molar-refractivity contribution >= 4 is 11.6 Å². The van der Waals surface area contributed by atoms with Crippen LogP contribution >= 0.6 is 0 Å². The van der Waals surface area contributed by atoms with E-state index in [1.165, 1.54) is 0 Å². The van der Waals surface area contributed by atoms with Crippen molar-refractivity contribution in [2.45, 2.75) is 44.9 Å². The average molecular weight is 185 g/mol. The number of hydrogen-bond donors (Lipinski definition) is 1. The zero-order chi connectivity index (χ0) is 10.4. The van der Waals surface area contributed by atoms with Gasteiger partial charge in [0.2, 0.25) is 0 Å². The Balaban J connectivity index is 3.07. The van der Waals surface area contributed by atoms with Crippen LogP contribution in [0.3, 0.4) is 0 Å². The third kappa shape index (κ3) is 1.51. The predicted molar refractivity (Wildman–Crippen MR) is 47.2 cm³/mol. The lowest BCUT2D eigenvalue weighted by Crippen LogP contribution is -2.64. The van der Waals surface area contributed by atoms with Gasteiger partial charge >= 0.3 is 0 Å². The fourth-order valence-electron chi connectivity index (χ4n) is 1.61. The molecule has 0 unspecified atom stereocenters. The van der Waals surface area contributed by atoms with Gasteiger partial charge in [-0.1, -0.05) is 0 Å². The second-order valence-corrected chi connectivity index (χ2v) is 4.33. The van der Waals surface area contributed by atoms with Gasteiger partial charge in [-0.25, -0.2) is 0 Å². The van der Waals surface area contributed by atoms with E-state index in [0.717, 1.165) is 0 Å². The minimum absolute atomic E-state index is 0.350. The Kier molecular flexibility index (Phi) is 2.09. The van der Waals surface area contributed by atoms with E-state index < -0.39 is 17.2 Å². The van der Waals surface area contributed by atoms with E-state index in [-0.39, 0.29) is 11.6 Å². The molecule has 2 N–H and O–H groups in total. The molecule has 1 saturated heterocycles. The van der Waals surface area contributed by atoms with E-state index in [2.05, 4.69) is 0 Å². The van der Waals surface area contributed by atoms with Crippen molar-refractivity contribution in [3.63, 3.8) is 0 Å². The highest BCUT2D eigenvalue weighted by Crippen LogP contribution is 2.29. The molecule has 0 saturated carbocycles. The molecule has 74 valence electrons. The van der Waals surface area contributed by atoms with Crippen LogP contribution in [-0.4, -0.2) is 28.8 Å². The third-order valence-corrected chi connectivity index (χ3v) is 2.26. The summed E-state index contributed by atoms with van der Waals surface area (Å²) in [4.78, 5) is 22.9. The summed E-state index contributed by atoms with van der Waals surface area (Å²) in [6.45, 7) is 6.51. The summed E-state index contributed by atoms with van der Waals surface area (Å²) in [6, 6.07) is -1.04. The fraction of sp³-hybridized carbons (Fsp3) is 0.778. The predicted octanol–water partition coefficient (Wildman–Crippen LogP) is 0.0393. The van der Waals surface area contributed by atoms with Gasteiger partial charge in [0.05, 0.1) is 0 Å². The molecule has 1 aliphatic rings. The third-order valence-electron chi connectivity index (χ3n) is 2.26. The largest absolute Gasteiger partial charge is 0.354 e. The van der Waals surface area contributed by atoms with Gasteiger partial charge in [-0.05, 0) is 27.7 Å². The SMILES string of the molecule is CC1(C)OC(C)(C)C(=O)C(N)C1=O. The number of nitrogens with two attached hydrogens (primary N) is 1. The summed E-state index contributed by atoms with van der Waals surface area (Å²) in [5.74, 6) is -0.700. The Morgan fingerprint density at radius 2 is 1.38 bits per heavy atom. The lowest BCUT2D eigenvalue weighted by atomic mass is 9.83. The molecule has 0 bridgehead atoms. The van der Waals surface area contributed by atoms with Gasteiger partial charge in [0.15, 0.2) is 11.6 Å². The van der Waals surface area contributed by atoms with Crippen LogP contribution in [0.15, 0.2) is 0 Å². The summed E-state index contributed by atoms with van der Waals surface area (Å²) < 4.78 is 5.38. The molecular weight excluding hydrogens is 170 g/mol. The van der Waals surface area contributed by atoms with Gasteiger partial charge in [-0.3, -0.25) is 9.59 Å². The summed E-state index contributed by atoms with van der Waals surface area (Å²) in [5, 5.41) is 0. The molecule has 0 aliphatic carbocycles. The first-order chi connectivity index (χ1) is 5.68. The molecule has 0 aromatic heterocycles. The number of carbonyl (C=O) groups is 2. The Morgan fingerprint density at radius 1 is 1.08 bits per heavy atom. The van der Waals surface area contributed by atoms with Gasteiger partial charge in [0.25, 0.3) is 0 Å². The lowest BCUT2D eigenvalue weighted by Gasteiger charge is -2.41. The van der Waals surface area contributed by atoms with Gasteiger partial charge in [0, 0.05) is 0 Å². The Morgan fingerprint density at radius 3 is 1.69 bits per heavy atom. The molecular formula is C9H15NO3. The van der Waals surface area contributed by atoms with Gasteiger partial charge in [-0.15, -0.1) is 0 Å². The maximum atomic E-state index is 11.5. The fourth-order valence-corrected chi connectivity index (χ4v) is 1.61. The Labute approximate surface area is 77.4 Å². The van der Waals surface area contributed by atoms with Crippen molar-refractivity contribution in [3.8, 4) is 0 Å². The molecule has 1 heterocycles. The highest BCUT2D eigenvalue weighted by atomic mass is 16.5. The second-order valence-electron chi connectivity index (χ2n) is 4.33. The van der Waals surface area contributed by atoms with E-state index >= 15 is 0 Å². The smallest absolute Gasteiger partial charge is 0.188 e. The molecule has 0 atom stereocenters. The minimum atomic E-state index is -1.04. The molecule has 0 aromatic rings. The van der Waals surface area contributed by atoms with E-state index in [1.54, 1.807) is 27.7 Å². The molecule has 0 aromatic carbocycles. The number of rotatable bonds is 0. The molecule has 0 amide bonds. The van der Waals surface area contributed by atoms with Crippen LogP contribution in [0.1, 0.15) is 27.7 Å². The molecule has 1 rings (SSSR count). The molecule has 4 nitrogen and oxygen atoms in total. The van der Waals surface area contributed by atoms with Crippen LogP contribution in [0, 0.1) is 0 Å². The first kappa shape index (κ1) is 10.3. The average Bonchev–Trinajstić information content (AvgIpc) is 1.96. The Hall–Kier alpha value is -0.740. The van der Waals surface area contributed by atoms with E-state index in [0.29, 0.717) is 0 Å². The van der Waals surface area contributed by atoms with E-state index in [4.69, 9.17) is 10.5 Å². The standard InChI is InChI=1S/C9H15NO3/c1-8(2)6(11)5(10)7(12)9(3,4)13-8/h5H,10H2,1-4H3. The number of carbonyl (C=O) groups excluding carboxylic acids is 2. The Bertz CT molecular complexity index is 242. The zero-order valence-electron chi connectivity index (χ0n) is 8.38. The number of ketones is 2. The summed E-state index contributed by atoms with van der Waals surface area (Å²) in [7, 11) is 0. The van der Waals surface area contributed by atoms with Crippen LogP contribution in [0.4, 0.5) is 0 Å². The number of hydrogen-bond acceptors (Lipinski definition) is 4.